The molecule has 0 spiro atoms. The van der Waals surface area contributed by atoms with Crippen molar-refractivity contribution in [1.82, 2.24) is 10.1 Å². The summed E-state index contributed by atoms with van der Waals surface area (Å²) in [5.41, 5.74) is 0.224. The third-order valence-corrected chi connectivity index (χ3v) is 4.12. The van der Waals surface area contributed by atoms with Crippen molar-refractivity contribution in [3.05, 3.63) is 47.2 Å². The molecule has 0 radical (unpaired) electrons. The number of amides is 2. The molecule has 0 aliphatic rings. The van der Waals surface area contributed by atoms with Crippen molar-refractivity contribution < 1.29 is 22.9 Å². The number of nitrogens with one attached hydrogen (secondary N) is 1. The second-order valence-electron chi connectivity index (χ2n) is 5.35. The SMILES string of the molecule is Cc1cc(NC(=O)CSCC(=O)N(C)Cc2ccc(F)cc2F)no1. The Labute approximate surface area is 147 Å². The number of anilines is 1. The molecule has 2 amide bonds. The van der Waals surface area contributed by atoms with Crippen molar-refractivity contribution in [2.24, 2.45) is 0 Å². The Morgan fingerprint density at radius 1 is 1.28 bits per heavy atom. The molecule has 2 rings (SSSR count). The van der Waals surface area contributed by atoms with Gasteiger partial charge in [-0.15, -0.1) is 11.8 Å². The van der Waals surface area contributed by atoms with Crippen molar-refractivity contribution in [2.45, 2.75) is 13.5 Å². The first-order chi connectivity index (χ1) is 11.8. The predicted octanol–water partition coefficient (Wildman–Crippen LogP) is 2.59. The Kier molecular flexibility index (Phi) is 6.51. The van der Waals surface area contributed by atoms with Crippen LogP contribution < -0.4 is 5.32 Å². The molecule has 25 heavy (non-hydrogen) atoms. The van der Waals surface area contributed by atoms with Crippen molar-refractivity contribution in [3.63, 3.8) is 0 Å². The fourth-order valence-electron chi connectivity index (χ4n) is 1.94. The Morgan fingerprint density at radius 2 is 2.04 bits per heavy atom. The lowest BCUT2D eigenvalue weighted by atomic mass is 10.2. The molecule has 6 nitrogen and oxygen atoms in total. The first kappa shape index (κ1) is 18.9. The Bertz CT molecular complexity index is 767. The number of halogens is 2. The molecular formula is C16H17F2N3O3S. The van der Waals surface area contributed by atoms with Gasteiger partial charge in [0, 0.05) is 31.3 Å². The number of benzene rings is 1. The van der Waals surface area contributed by atoms with Crippen molar-refractivity contribution in [1.29, 1.82) is 0 Å². The smallest absolute Gasteiger partial charge is 0.235 e. The largest absolute Gasteiger partial charge is 0.360 e. The molecule has 1 heterocycles. The van der Waals surface area contributed by atoms with Crippen molar-refractivity contribution in [3.8, 4) is 0 Å². The molecule has 1 aromatic heterocycles. The number of rotatable bonds is 7. The zero-order valence-corrected chi connectivity index (χ0v) is 14.5. The van der Waals surface area contributed by atoms with E-state index in [2.05, 4.69) is 10.5 Å². The summed E-state index contributed by atoms with van der Waals surface area (Å²) < 4.78 is 31.3. The summed E-state index contributed by atoms with van der Waals surface area (Å²) in [5.74, 6) is -0.919. The predicted molar refractivity (Wildman–Crippen MR) is 90.0 cm³/mol. The van der Waals surface area contributed by atoms with Crippen LogP contribution in [0, 0.1) is 18.6 Å². The van der Waals surface area contributed by atoms with Crippen LogP contribution in [0.25, 0.3) is 0 Å². The van der Waals surface area contributed by atoms with Gasteiger partial charge in [-0.1, -0.05) is 11.2 Å². The lowest BCUT2D eigenvalue weighted by Gasteiger charge is -2.17. The normalized spacial score (nSPS) is 10.6. The Hall–Kier alpha value is -2.42. The summed E-state index contributed by atoms with van der Waals surface area (Å²) in [6, 6.07) is 4.80. The lowest BCUT2D eigenvalue weighted by molar-refractivity contribution is -0.127. The average molecular weight is 369 g/mol. The van der Waals surface area contributed by atoms with Gasteiger partial charge >= 0.3 is 0 Å². The molecule has 0 saturated heterocycles. The summed E-state index contributed by atoms with van der Waals surface area (Å²) in [7, 11) is 1.52. The van der Waals surface area contributed by atoms with Crippen LogP contribution >= 0.6 is 11.8 Å². The van der Waals surface area contributed by atoms with Crippen LogP contribution in [-0.2, 0) is 16.1 Å². The third-order valence-electron chi connectivity index (χ3n) is 3.20. The summed E-state index contributed by atoms with van der Waals surface area (Å²) in [6.07, 6.45) is 0. The highest BCUT2D eigenvalue weighted by molar-refractivity contribution is 8.00. The molecule has 0 unspecified atom stereocenters. The number of aryl methyl sites for hydroxylation is 1. The summed E-state index contributed by atoms with van der Waals surface area (Å²) >= 11 is 1.13. The molecule has 2 aromatic rings. The third kappa shape index (κ3) is 5.86. The molecule has 0 bridgehead atoms. The highest BCUT2D eigenvalue weighted by Crippen LogP contribution is 2.13. The average Bonchev–Trinajstić information content (AvgIpc) is 2.94. The van der Waals surface area contributed by atoms with E-state index in [1.807, 2.05) is 0 Å². The van der Waals surface area contributed by atoms with Crippen molar-refractivity contribution in [2.75, 3.05) is 23.9 Å². The maximum Gasteiger partial charge on any atom is 0.235 e. The van der Waals surface area contributed by atoms with Gasteiger partial charge in [-0.05, 0) is 13.0 Å². The quantitative estimate of drug-likeness (QED) is 0.812. The first-order valence-electron chi connectivity index (χ1n) is 7.34. The van der Waals surface area contributed by atoms with Crippen LogP contribution in [-0.4, -0.2) is 40.4 Å². The number of nitrogens with zero attached hydrogens (tertiary/aromatic N) is 2. The minimum atomic E-state index is -0.699. The molecular weight excluding hydrogens is 352 g/mol. The van der Waals surface area contributed by atoms with Crippen LogP contribution in [0.5, 0.6) is 0 Å². The van der Waals surface area contributed by atoms with E-state index in [-0.39, 0.29) is 35.4 Å². The van der Waals surface area contributed by atoms with Gasteiger partial charge in [-0.2, -0.15) is 0 Å². The first-order valence-corrected chi connectivity index (χ1v) is 8.49. The highest BCUT2D eigenvalue weighted by Gasteiger charge is 2.14. The standard InChI is InChI=1S/C16H17F2N3O3S/c1-10-5-14(20-24-10)19-15(22)8-25-9-16(23)21(2)7-11-3-4-12(17)6-13(11)18/h3-6H,7-9H2,1-2H3,(H,19,20,22). The van der Waals surface area contributed by atoms with E-state index < -0.39 is 11.6 Å². The van der Waals surface area contributed by atoms with E-state index in [9.17, 15) is 18.4 Å². The molecule has 0 aliphatic carbocycles. The maximum absolute atomic E-state index is 13.6. The van der Waals surface area contributed by atoms with E-state index in [4.69, 9.17) is 4.52 Å². The number of carbonyl (C=O) groups excluding carboxylic acids is 2. The number of carbonyl (C=O) groups is 2. The fraction of sp³-hybridized carbons (Fsp3) is 0.312. The van der Waals surface area contributed by atoms with Gasteiger partial charge in [0.25, 0.3) is 0 Å². The zero-order chi connectivity index (χ0) is 18.4. The monoisotopic (exact) mass is 369 g/mol. The van der Waals surface area contributed by atoms with Gasteiger partial charge < -0.3 is 14.7 Å². The topological polar surface area (TPSA) is 75.4 Å². The number of hydrogen-bond acceptors (Lipinski definition) is 5. The molecule has 0 atom stereocenters. The minimum absolute atomic E-state index is 0.0237. The molecule has 9 heteroatoms. The highest BCUT2D eigenvalue weighted by atomic mass is 32.2. The number of hydrogen-bond donors (Lipinski definition) is 1. The van der Waals surface area contributed by atoms with Crippen LogP contribution in [0.4, 0.5) is 14.6 Å². The number of thioether (sulfide) groups is 1. The summed E-state index contributed by atoms with van der Waals surface area (Å²) in [6.45, 7) is 1.73. The van der Waals surface area contributed by atoms with E-state index in [1.165, 1.54) is 18.0 Å². The molecule has 134 valence electrons. The zero-order valence-electron chi connectivity index (χ0n) is 13.7. The van der Waals surface area contributed by atoms with Gasteiger partial charge in [0.2, 0.25) is 11.8 Å². The van der Waals surface area contributed by atoms with E-state index in [0.717, 1.165) is 23.9 Å². The lowest BCUT2D eigenvalue weighted by Crippen LogP contribution is -2.29. The minimum Gasteiger partial charge on any atom is -0.360 e. The van der Waals surface area contributed by atoms with Gasteiger partial charge in [0.15, 0.2) is 5.82 Å². The van der Waals surface area contributed by atoms with Crippen LogP contribution in [0.2, 0.25) is 0 Å². The summed E-state index contributed by atoms with van der Waals surface area (Å²) in [5, 5.41) is 6.18. The molecule has 1 N–H and O–H groups in total. The van der Waals surface area contributed by atoms with E-state index >= 15 is 0 Å². The molecule has 0 fully saturated rings. The molecule has 1 aromatic carbocycles. The van der Waals surface area contributed by atoms with E-state index in [1.54, 1.807) is 13.0 Å². The Balaban J connectivity index is 1.74. The van der Waals surface area contributed by atoms with Crippen LogP contribution in [0.15, 0.2) is 28.8 Å². The summed E-state index contributed by atoms with van der Waals surface area (Å²) in [4.78, 5) is 25.1. The molecule has 0 aliphatic heterocycles. The number of aromatic nitrogens is 1. The Morgan fingerprint density at radius 3 is 2.68 bits per heavy atom. The van der Waals surface area contributed by atoms with Crippen LogP contribution in [0.1, 0.15) is 11.3 Å². The van der Waals surface area contributed by atoms with Gasteiger partial charge in [0.05, 0.1) is 11.5 Å². The fourth-order valence-corrected chi connectivity index (χ4v) is 2.69. The van der Waals surface area contributed by atoms with Gasteiger partial charge in [-0.3, -0.25) is 9.59 Å². The maximum atomic E-state index is 13.6. The van der Waals surface area contributed by atoms with Crippen molar-refractivity contribution >= 4 is 29.4 Å². The second kappa shape index (κ2) is 8.61. The van der Waals surface area contributed by atoms with E-state index in [0.29, 0.717) is 11.6 Å². The van der Waals surface area contributed by atoms with Gasteiger partial charge in [-0.25, -0.2) is 8.78 Å². The van der Waals surface area contributed by atoms with Crippen LogP contribution in [0.3, 0.4) is 0 Å². The molecule has 0 saturated carbocycles. The van der Waals surface area contributed by atoms with Gasteiger partial charge in [0.1, 0.15) is 17.4 Å². The second-order valence-corrected chi connectivity index (χ2v) is 6.33.